The van der Waals surface area contributed by atoms with E-state index in [0.29, 0.717) is 0 Å². The quantitative estimate of drug-likeness (QED) is 0.823. The van der Waals surface area contributed by atoms with Gasteiger partial charge in [-0.25, -0.2) is 4.39 Å². The Morgan fingerprint density at radius 2 is 2.36 bits per heavy atom. The highest BCUT2D eigenvalue weighted by Gasteiger charge is 2.17. The lowest BCUT2D eigenvalue weighted by molar-refractivity contribution is 0.393. The maximum atomic E-state index is 13.3. The number of methoxy groups -OCH3 is 1. The summed E-state index contributed by atoms with van der Waals surface area (Å²) in [5.74, 6) is -1.36. The van der Waals surface area contributed by atoms with E-state index in [0.717, 1.165) is 6.07 Å². The molecule has 0 saturated heterocycles. The molecule has 0 heterocycles. The van der Waals surface area contributed by atoms with Gasteiger partial charge in [0.05, 0.1) is 24.6 Å². The molecule has 0 aliphatic rings. The number of phenols is 1. The van der Waals surface area contributed by atoms with E-state index in [1.807, 2.05) is 0 Å². The molecule has 1 rings (SSSR count). The van der Waals surface area contributed by atoms with Gasteiger partial charge >= 0.3 is 0 Å². The number of benzene rings is 1. The Morgan fingerprint density at radius 1 is 1.71 bits per heavy atom. The van der Waals surface area contributed by atoms with Crippen molar-refractivity contribution >= 4 is 11.6 Å². The Balaban J connectivity index is 3.41. The zero-order valence-corrected chi connectivity index (χ0v) is 8.10. The molecule has 1 aromatic rings. The molecule has 3 nitrogen and oxygen atoms in total. The first kappa shape index (κ1) is 10.6. The first-order valence-corrected chi connectivity index (χ1v) is 4.10. The lowest BCUT2D eigenvalue weighted by Crippen LogP contribution is -1.96. The molecule has 0 spiro atoms. The van der Waals surface area contributed by atoms with Crippen molar-refractivity contribution in [3.63, 3.8) is 0 Å². The van der Waals surface area contributed by atoms with E-state index in [1.165, 1.54) is 7.11 Å². The fraction of sp³-hybridized carbons (Fsp3) is 0.222. The van der Waals surface area contributed by atoms with E-state index in [9.17, 15) is 4.39 Å². The van der Waals surface area contributed by atoms with E-state index in [4.69, 9.17) is 26.7 Å². The monoisotopic (exact) mass is 215 g/mol. The van der Waals surface area contributed by atoms with Crippen molar-refractivity contribution in [3.05, 3.63) is 22.5 Å². The van der Waals surface area contributed by atoms with Gasteiger partial charge in [0.15, 0.2) is 11.6 Å². The third kappa shape index (κ3) is 1.73. The summed E-state index contributed by atoms with van der Waals surface area (Å²) in [5, 5.41) is 17.6. The molecular weight excluding hydrogens is 209 g/mol. The molecule has 0 amide bonds. The normalized spacial score (nSPS) is 9.57. The lowest BCUT2D eigenvalue weighted by atomic mass is 10.1. The topological polar surface area (TPSA) is 53.2 Å². The third-order valence-electron chi connectivity index (χ3n) is 1.70. The maximum absolute atomic E-state index is 13.3. The highest BCUT2D eigenvalue weighted by Crippen LogP contribution is 2.35. The minimum absolute atomic E-state index is 0.0278. The molecule has 0 atom stereocenters. The molecule has 0 saturated carbocycles. The van der Waals surface area contributed by atoms with Crippen LogP contribution in [0, 0.1) is 17.1 Å². The Morgan fingerprint density at radius 3 is 2.86 bits per heavy atom. The summed E-state index contributed by atoms with van der Waals surface area (Å²) in [5.41, 5.74) is -0.0278. The van der Waals surface area contributed by atoms with Crippen LogP contribution in [-0.4, -0.2) is 12.2 Å². The smallest absolute Gasteiger partial charge is 0.172 e. The Hall–Kier alpha value is -1.47. The van der Waals surface area contributed by atoms with Crippen LogP contribution in [0.5, 0.6) is 11.5 Å². The van der Waals surface area contributed by atoms with Gasteiger partial charge in [-0.05, 0) is 0 Å². The van der Waals surface area contributed by atoms with Gasteiger partial charge < -0.3 is 9.84 Å². The number of phenolic OH excluding ortho intramolecular Hbond substituents is 1. The zero-order chi connectivity index (χ0) is 10.7. The van der Waals surface area contributed by atoms with Crippen LogP contribution < -0.4 is 4.74 Å². The van der Waals surface area contributed by atoms with Crippen LogP contribution in [0.1, 0.15) is 5.56 Å². The number of nitriles is 1. The summed E-state index contributed by atoms with van der Waals surface area (Å²) >= 11 is 5.68. The zero-order valence-electron chi connectivity index (χ0n) is 7.34. The fourth-order valence-corrected chi connectivity index (χ4v) is 1.40. The molecule has 1 aromatic carbocycles. The molecular formula is C9H7ClFNO2. The molecule has 0 aromatic heterocycles. The van der Waals surface area contributed by atoms with Crippen LogP contribution in [0.2, 0.25) is 5.02 Å². The second-order valence-corrected chi connectivity index (χ2v) is 2.95. The first-order chi connectivity index (χ1) is 6.61. The molecule has 5 heteroatoms. The van der Waals surface area contributed by atoms with Gasteiger partial charge in [0.1, 0.15) is 5.75 Å². The second kappa shape index (κ2) is 4.16. The number of rotatable bonds is 2. The van der Waals surface area contributed by atoms with Crippen molar-refractivity contribution in [2.75, 3.05) is 7.11 Å². The number of hydrogen-bond acceptors (Lipinski definition) is 3. The van der Waals surface area contributed by atoms with Gasteiger partial charge in [-0.2, -0.15) is 5.26 Å². The number of hydrogen-bond donors (Lipinski definition) is 1. The van der Waals surface area contributed by atoms with Crippen LogP contribution in [-0.2, 0) is 6.42 Å². The van der Waals surface area contributed by atoms with E-state index in [-0.39, 0.29) is 22.8 Å². The minimum atomic E-state index is -0.868. The summed E-state index contributed by atoms with van der Waals surface area (Å²) in [7, 11) is 1.32. The Labute approximate surface area is 85.3 Å². The highest BCUT2D eigenvalue weighted by atomic mass is 35.5. The summed E-state index contributed by atoms with van der Waals surface area (Å²) in [6, 6.07) is 2.80. The SMILES string of the molecule is COc1c(Cl)cc(O)c(F)c1CC#N. The van der Waals surface area contributed by atoms with Gasteiger partial charge in [0.2, 0.25) is 0 Å². The fourth-order valence-electron chi connectivity index (χ4n) is 1.10. The Bertz CT molecular complexity index is 401. The molecule has 0 bridgehead atoms. The molecule has 0 unspecified atom stereocenters. The van der Waals surface area contributed by atoms with Gasteiger partial charge in [-0.3, -0.25) is 0 Å². The summed E-state index contributed by atoms with van der Waals surface area (Å²) in [4.78, 5) is 0. The third-order valence-corrected chi connectivity index (χ3v) is 1.98. The molecule has 0 radical (unpaired) electrons. The minimum Gasteiger partial charge on any atom is -0.505 e. The summed E-state index contributed by atoms with van der Waals surface area (Å²) in [6.07, 6.45) is -0.205. The van der Waals surface area contributed by atoms with Crippen LogP contribution >= 0.6 is 11.6 Å². The molecule has 74 valence electrons. The van der Waals surface area contributed by atoms with E-state index in [2.05, 4.69) is 0 Å². The average molecular weight is 216 g/mol. The van der Waals surface area contributed by atoms with Gasteiger partial charge in [0.25, 0.3) is 0 Å². The summed E-state index contributed by atoms with van der Waals surface area (Å²) in [6.45, 7) is 0. The van der Waals surface area contributed by atoms with Crippen LogP contribution in [0.15, 0.2) is 6.07 Å². The standard InChI is InChI=1S/C9H7ClFNO2/c1-14-9-5(2-3-12)8(11)7(13)4-6(9)10/h4,13H,2H2,1H3. The maximum Gasteiger partial charge on any atom is 0.172 e. The number of halogens is 2. The average Bonchev–Trinajstić information content (AvgIpc) is 2.14. The molecule has 14 heavy (non-hydrogen) atoms. The van der Waals surface area contributed by atoms with Crippen molar-refractivity contribution in [2.45, 2.75) is 6.42 Å². The van der Waals surface area contributed by atoms with E-state index in [1.54, 1.807) is 6.07 Å². The number of aromatic hydroxyl groups is 1. The van der Waals surface area contributed by atoms with Crippen LogP contribution in [0.3, 0.4) is 0 Å². The summed E-state index contributed by atoms with van der Waals surface area (Å²) < 4.78 is 18.1. The van der Waals surface area contributed by atoms with Gasteiger partial charge in [-0.15, -0.1) is 0 Å². The van der Waals surface area contributed by atoms with Gasteiger partial charge in [0, 0.05) is 11.6 Å². The molecule has 0 aliphatic heterocycles. The number of nitrogens with zero attached hydrogens (tertiary/aromatic N) is 1. The van der Waals surface area contributed by atoms with Crippen LogP contribution in [0.4, 0.5) is 4.39 Å². The number of ether oxygens (including phenoxy) is 1. The molecule has 0 fully saturated rings. The molecule has 1 N–H and O–H groups in total. The van der Waals surface area contributed by atoms with Crippen LogP contribution in [0.25, 0.3) is 0 Å². The van der Waals surface area contributed by atoms with Crippen molar-refractivity contribution in [1.82, 2.24) is 0 Å². The highest BCUT2D eigenvalue weighted by molar-refractivity contribution is 6.32. The van der Waals surface area contributed by atoms with Gasteiger partial charge in [-0.1, -0.05) is 11.6 Å². The second-order valence-electron chi connectivity index (χ2n) is 2.54. The van der Waals surface area contributed by atoms with Crippen molar-refractivity contribution < 1.29 is 14.2 Å². The predicted molar refractivity (Wildman–Crippen MR) is 48.9 cm³/mol. The Kier molecular flexibility index (Phi) is 3.15. The first-order valence-electron chi connectivity index (χ1n) is 3.72. The van der Waals surface area contributed by atoms with E-state index < -0.39 is 11.6 Å². The largest absolute Gasteiger partial charge is 0.505 e. The van der Waals surface area contributed by atoms with Crippen molar-refractivity contribution in [3.8, 4) is 17.6 Å². The van der Waals surface area contributed by atoms with E-state index >= 15 is 0 Å². The van der Waals surface area contributed by atoms with Crippen molar-refractivity contribution in [1.29, 1.82) is 5.26 Å². The van der Waals surface area contributed by atoms with Crippen molar-refractivity contribution in [2.24, 2.45) is 0 Å². The predicted octanol–water partition coefficient (Wildman–Crippen LogP) is 2.26. The molecule has 0 aliphatic carbocycles. The lowest BCUT2D eigenvalue weighted by Gasteiger charge is -2.09.